The van der Waals surface area contributed by atoms with Gasteiger partial charge in [0.15, 0.2) is 0 Å². The Kier molecular flexibility index (Phi) is 8.16. The molecule has 0 aromatic heterocycles. The van der Waals surface area contributed by atoms with Crippen LogP contribution in [0, 0.1) is 5.82 Å². The van der Waals surface area contributed by atoms with Crippen molar-refractivity contribution < 1.29 is 17.6 Å². The first-order chi connectivity index (χ1) is 13.8. The summed E-state index contributed by atoms with van der Waals surface area (Å²) >= 11 is 0. The molecule has 0 radical (unpaired) electrons. The van der Waals surface area contributed by atoms with Crippen LogP contribution in [0.25, 0.3) is 0 Å². The summed E-state index contributed by atoms with van der Waals surface area (Å²) in [4.78, 5) is 12.3. The summed E-state index contributed by atoms with van der Waals surface area (Å²) in [6.45, 7) is 6.68. The number of urea groups is 1. The van der Waals surface area contributed by atoms with E-state index in [2.05, 4.69) is 10.6 Å². The molecule has 6 nitrogen and oxygen atoms in total. The van der Waals surface area contributed by atoms with Crippen molar-refractivity contribution in [2.75, 3.05) is 19.6 Å². The van der Waals surface area contributed by atoms with Gasteiger partial charge in [-0.2, -0.15) is 4.31 Å². The van der Waals surface area contributed by atoms with Crippen molar-refractivity contribution in [3.05, 3.63) is 65.5 Å². The van der Waals surface area contributed by atoms with Gasteiger partial charge < -0.3 is 10.6 Å². The summed E-state index contributed by atoms with van der Waals surface area (Å²) in [5, 5.41) is 5.59. The summed E-state index contributed by atoms with van der Waals surface area (Å²) in [7, 11) is -3.50. The fraction of sp³-hybridized carbons (Fsp3) is 0.381. The van der Waals surface area contributed by atoms with Gasteiger partial charge in [0.1, 0.15) is 5.82 Å². The molecule has 0 unspecified atom stereocenters. The molecular weight excluding hydrogens is 393 g/mol. The Morgan fingerprint density at radius 1 is 1.03 bits per heavy atom. The molecule has 0 fully saturated rings. The van der Waals surface area contributed by atoms with Gasteiger partial charge in [-0.15, -0.1) is 0 Å². The van der Waals surface area contributed by atoms with Gasteiger partial charge in [-0.1, -0.05) is 38.1 Å². The summed E-state index contributed by atoms with van der Waals surface area (Å²) in [6.07, 6.45) is 0.597. The van der Waals surface area contributed by atoms with Crippen LogP contribution in [-0.4, -0.2) is 38.4 Å². The van der Waals surface area contributed by atoms with Crippen LogP contribution in [0.5, 0.6) is 0 Å². The van der Waals surface area contributed by atoms with Gasteiger partial charge in [0.05, 0.1) is 10.9 Å². The molecule has 8 heteroatoms. The largest absolute Gasteiger partial charge is 0.338 e. The highest BCUT2D eigenvalue weighted by molar-refractivity contribution is 7.89. The Labute approximate surface area is 172 Å². The molecule has 2 amide bonds. The molecule has 1 atom stereocenters. The van der Waals surface area contributed by atoms with Gasteiger partial charge in [0.2, 0.25) is 10.0 Å². The number of hydrogen-bond donors (Lipinski definition) is 2. The highest BCUT2D eigenvalue weighted by Gasteiger charge is 2.21. The molecule has 0 saturated heterocycles. The van der Waals surface area contributed by atoms with Crippen molar-refractivity contribution in [3.63, 3.8) is 0 Å². The van der Waals surface area contributed by atoms with Crippen LogP contribution in [0.3, 0.4) is 0 Å². The number of sulfonamides is 1. The molecule has 158 valence electrons. The lowest BCUT2D eigenvalue weighted by Gasteiger charge is -2.19. The van der Waals surface area contributed by atoms with Crippen LogP contribution < -0.4 is 10.6 Å². The lowest BCUT2D eigenvalue weighted by atomic mass is 10.1. The number of halogens is 1. The first-order valence-corrected chi connectivity index (χ1v) is 11.1. The Hall–Kier alpha value is -2.45. The fourth-order valence-corrected chi connectivity index (χ4v) is 4.40. The fourth-order valence-electron chi connectivity index (χ4n) is 2.94. The van der Waals surface area contributed by atoms with Gasteiger partial charge in [-0.05, 0) is 48.7 Å². The second-order valence-electron chi connectivity index (χ2n) is 6.66. The zero-order valence-electron chi connectivity index (χ0n) is 17.0. The SMILES string of the molecule is CCN(CC)S(=O)(=O)c1ccc([C@@H](C)NC(=O)NCCc2ccc(F)cc2)cc1. The van der Waals surface area contributed by atoms with Crippen molar-refractivity contribution in [3.8, 4) is 0 Å². The number of carbonyl (C=O) groups is 1. The third kappa shape index (κ3) is 6.27. The van der Waals surface area contributed by atoms with E-state index in [-0.39, 0.29) is 22.8 Å². The smallest absolute Gasteiger partial charge is 0.315 e. The number of rotatable bonds is 9. The van der Waals surface area contributed by atoms with Crippen LogP contribution in [-0.2, 0) is 16.4 Å². The zero-order chi connectivity index (χ0) is 21.4. The quantitative estimate of drug-likeness (QED) is 0.651. The summed E-state index contributed by atoms with van der Waals surface area (Å²) in [6, 6.07) is 12.1. The van der Waals surface area contributed by atoms with Crippen LogP contribution in [0.4, 0.5) is 9.18 Å². The standard InChI is InChI=1S/C21H28FN3O3S/c1-4-25(5-2)29(27,28)20-12-8-18(9-13-20)16(3)24-21(26)23-15-14-17-6-10-19(22)11-7-17/h6-13,16H,4-5,14-15H2,1-3H3,(H2,23,24,26)/t16-/m1/s1. The van der Waals surface area contributed by atoms with E-state index in [0.717, 1.165) is 11.1 Å². The first kappa shape index (κ1) is 22.8. The Bertz CT molecular complexity index is 896. The van der Waals surface area contributed by atoms with Crippen LogP contribution >= 0.6 is 0 Å². The van der Waals surface area contributed by atoms with Crippen molar-refractivity contribution in [2.45, 2.75) is 38.1 Å². The Morgan fingerprint density at radius 2 is 1.62 bits per heavy atom. The van der Waals surface area contributed by atoms with E-state index in [1.54, 1.807) is 50.2 Å². The van der Waals surface area contributed by atoms with Crippen molar-refractivity contribution in [1.82, 2.24) is 14.9 Å². The predicted molar refractivity (Wildman–Crippen MR) is 112 cm³/mol. The molecule has 0 heterocycles. The molecule has 0 aliphatic carbocycles. The zero-order valence-corrected chi connectivity index (χ0v) is 17.8. The first-order valence-electron chi connectivity index (χ1n) is 9.66. The topological polar surface area (TPSA) is 78.5 Å². The normalized spacial score (nSPS) is 12.6. The van der Waals surface area contributed by atoms with Crippen LogP contribution in [0.1, 0.15) is 37.9 Å². The molecule has 29 heavy (non-hydrogen) atoms. The van der Waals surface area contributed by atoms with E-state index >= 15 is 0 Å². The van der Waals surface area contributed by atoms with Crippen LogP contribution in [0.15, 0.2) is 53.4 Å². The minimum Gasteiger partial charge on any atom is -0.338 e. The number of nitrogens with one attached hydrogen (secondary N) is 2. The maximum Gasteiger partial charge on any atom is 0.315 e. The van der Waals surface area contributed by atoms with E-state index in [1.807, 2.05) is 6.92 Å². The van der Waals surface area contributed by atoms with Crippen molar-refractivity contribution >= 4 is 16.1 Å². The van der Waals surface area contributed by atoms with E-state index in [4.69, 9.17) is 0 Å². The van der Waals surface area contributed by atoms with Gasteiger partial charge >= 0.3 is 6.03 Å². The molecule has 0 aliphatic rings. The molecule has 2 aromatic rings. The van der Waals surface area contributed by atoms with Gasteiger partial charge in [-0.3, -0.25) is 0 Å². The molecule has 0 spiro atoms. The number of nitrogens with zero attached hydrogens (tertiary/aromatic N) is 1. The number of carbonyl (C=O) groups excluding carboxylic acids is 1. The lowest BCUT2D eigenvalue weighted by Crippen LogP contribution is -2.38. The maximum atomic E-state index is 12.9. The molecular formula is C21H28FN3O3S. The average Bonchev–Trinajstić information content (AvgIpc) is 2.70. The van der Waals surface area contributed by atoms with Crippen LogP contribution in [0.2, 0.25) is 0 Å². The summed E-state index contributed by atoms with van der Waals surface area (Å²) < 4.78 is 39.4. The monoisotopic (exact) mass is 421 g/mol. The van der Waals surface area contributed by atoms with E-state index < -0.39 is 10.0 Å². The molecule has 0 saturated carbocycles. The number of benzene rings is 2. The molecule has 0 aliphatic heterocycles. The van der Waals surface area contributed by atoms with Gasteiger partial charge in [0, 0.05) is 19.6 Å². The minimum atomic E-state index is -3.50. The van der Waals surface area contributed by atoms with Gasteiger partial charge in [0.25, 0.3) is 0 Å². The second-order valence-corrected chi connectivity index (χ2v) is 8.59. The van der Waals surface area contributed by atoms with Crippen molar-refractivity contribution in [2.24, 2.45) is 0 Å². The molecule has 2 rings (SSSR count). The summed E-state index contributed by atoms with van der Waals surface area (Å²) in [5.41, 5.74) is 1.74. The van der Waals surface area contributed by atoms with E-state index in [0.29, 0.717) is 26.1 Å². The molecule has 0 bridgehead atoms. The second kappa shape index (κ2) is 10.4. The van der Waals surface area contributed by atoms with E-state index in [1.165, 1.54) is 16.4 Å². The molecule has 2 aromatic carbocycles. The average molecular weight is 422 g/mol. The molecule has 2 N–H and O–H groups in total. The predicted octanol–water partition coefficient (Wildman–Crippen LogP) is 3.46. The third-order valence-electron chi connectivity index (χ3n) is 4.68. The minimum absolute atomic E-state index is 0.237. The van der Waals surface area contributed by atoms with Crippen molar-refractivity contribution in [1.29, 1.82) is 0 Å². The highest BCUT2D eigenvalue weighted by Crippen LogP contribution is 2.19. The number of amides is 2. The van der Waals surface area contributed by atoms with Gasteiger partial charge in [-0.25, -0.2) is 17.6 Å². The summed E-state index contributed by atoms with van der Waals surface area (Å²) in [5.74, 6) is -0.288. The Balaban J connectivity index is 1.89. The third-order valence-corrected chi connectivity index (χ3v) is 6.75. The lowest BCUT2D eigenvalue weighted by molar-refractivity contribution is 0.238. The maximum absolute atomic E-state index is 12.9. The number of hydrogen-bond acceptors (Lipinski definition) is 3. The Morgan fingerprint density at radius 3 is 2.17 bits per heavy atom. The van der Waals surface area contributed by atoms with E-state index in [9.17, 15) is 17.6 Å². The highest BCUT2D eigenvalue weighted by atomic mass is 32.2.